The van der Waals surface area contributed by atoms with Crippen LogP contribution < -0.4 is 4.72 Å². The van der Waals surface area contributed by atoms with Crippen molar-refractivity contribution in [2.24, 2.45) is 5.41 Å². The maximum absolute atomic E-state index is 13.6. The predicted molar refractivity (Wildman–Crippen MR) is 87.0 cm³/mol. The van der Waals surface area contributed by atoms with Gasteiger partial charge in [0.2, 0.25) is 0 Å². The quantitative estimate of drug-likeness (QED) is 0.230. The van der Waals surface area contributed by atoms with Crippen LogP contribution in [0, 0.1) is 5.41 Å². The first-order chi connectivity index (χ1) is 13.6. The molecule has 31 heavy (non-hydrogen) atoms. The summed E-state index contributed by atoms with van der Waals surface area (Å²) in [5.41, 5.74) is -0.846. The van der Waals surface area contributed by atoms with Crippen LogP contribution in [0.15, 0.2) is 0 Å². The molecular formula is C15H21F10NO4S. The fourth-order valence-electron chi connectivity index (χ4n) is 1.73. The van der Waals surface area contributed by atoms with Crippen molar-refractivity contribution in [3.05, 3.63) is 0 Å². The summed E-state index contributed by atoms with van der Waals surface area (Å²) in [7, 11) is -6.72. The average Bonchev–Trinajstić information content (AvgIpc) is 2.63. The normalized spacial score (nSPS) is 14.8. The van der Waals surface area contributed by atoms with Gasteiger partial charge in [0, 0.05) is 6.54 Å². The van der Waals surface area contributed by atoms with Gasteiger partial charge in [0.15, 0.2) is 0 Å². The second-order valence-corrected chi connectivity index (χ2v) is 8.88. The van der Waals surface area contributed by atoms with E-state index in [0.29, 0.717) is 6.42 Å². The number of unbranched alkanes of at least 4 members (excludes halogenated alkanes) is 1. The van der Waals surface area contributed by atoms with Gasteiger partial charge in [-0.2, -0.15) is 35.1 Å². The third-order valence-corrected chi connectivity index (χ3v) is 5.84. The standard InChI is InChI=1S/C15H21F10NO4S/c1-4-11(2,3)10(27)30-8-6-5-7-26-31(28,29)15(24,25)14(22,23)13(20,21)12(18,19)9(16)17/h9,26H,4-8H2,1-3H3. The Morgan fingerprint density at radius 1 is 0.935 bits per heavy atom. The summed E-state index contributed by atoms with van der Waals surface area (Å²) in [6, 6.07) is 0. The van der Waals surface area contributed by atoms with Crippen molar-refractivity contribution >= 4 is 16.0 Å². The Labute approximate surface area is 171 Å². The van der Waals surface area contributed by atoms with Gasteiger partial charge >= 0.3 is 35.4 Å². The Morgan fingerprint density at radius 3 is 1.84 bits per heavy atom. The molecule has 0 bridgehead atoms. The van der Waals surface area contributed by atoms with Crippen LogP contribution in [0.1, 0.15) is 40.0 Å². The van der Waals surface area contributed by atoms with Crippen LogP contribution in [0.2, 0.25) is 0 Å². The summed E-state index contributed by atoms with van der Waals surface area (Å²) in [4.78, 5) is 11.7. The highest BCUT2D eigenvalue weighted by Crippen LogP contribution is 2.55. The zero-order valence-corrected chi connectivity index (χ0v) is 17.3. The molecule has 0 saturated heterocycles. The van der Waals surface area contributed by atoms with Gasteiger partial charge in [-0.3, -0.25) is 4.79 Å². The second-order valence-electron chi connectivity index (χ2n) is 7.07. The number of alkyl halides is 10. The molecule has 0 aliphatic heterocycles. The van der Waals surface area contributed by atoms with Crippen molar-refractivity contribution in [1.82, 2.24) is 4.72 Å². The van der Waals surface area contributed by atoms with E-state index >= 15 is 0 Å². The van der Waals surface area contributed by atoms with Crippen molar-refractivity contribution in [1.29, 1.82) is 0 Å². The van der Waals surface area contributed by atoms with E-state index in [4.69, 9.17) is 4.74 Å². The molecule has 0 radical (unpaired) electrons. The van der Waals surface area contributed by atoms with E-state index in [0.717, 1.165) is 4.72 Å². The number of carbonyl (C=O) groups is 1. The molecule has 1 N–H and O–H groups in total. The summed E-state index contributed by atoms with van der Waals surface area (Å²) in [6.07, 6.45) is -5.66. The van der Waals surface area contributed by atoms with Crippen LogP contribution in [0.4, 0.5) is 43.9 Å². The van der Waals surface area contributed by atoms with E-state index in [-0.39, 0.29) is 13.0 Å². The first kappa shape index (κ1) is 29.7. The number of hydrogen-bond donors (Lipinski definition) is 1. The minimum absolute atomic E-state index is 0.171. The number of rotatable bonds is 13. The Balaban J connectivity index is 5.13. The molecule has 0 atom stereocenters. The van der Waals surface area contributed by atoms with Gasteiger partial charge in [-0.1, -0.05) is 6.92 Å². The van der Waals surface area contributed by atoms with Gasteiger partial charge < -0.3 is 4.74 Å². The zero-order valence-electron chi connectivity index (χ0n) is 16.4. The number of sulfonamides is 1. The van der Waals surface area contributed by atoms with Crippen molar-refractivity contribution in [2.75, 3.05) is 13.2 Å². The Morgan fingerprint density at radius 2 is 1.42 bits per heavy atom. The third kappa shape index (κ3) is 5.73. The molecule has 0 saturated carbocycles. The maximum Gasteiger partial charge on any atom is 0.427 e. The first-order valence-corrected chi connectivity index (χ1v) is 10.1. The van der Waals surface area contributed by atoms with Crippen LogP contribution in [0.3, 0.4) is 0 Å². The van der Waals surface area contributed by atoms with Crippen LogP contribution >= 0.6 is 0 Å². The lowest BCUT2D eigenvalue weighted by Crippen LogP contribution is -2.67. The van der Waals surface area contributed by atoms with E-state index in [1.54, 1.807) is 20.8 Å². The summed E-state index contributed by atoms with van der Waals surface area (Å²) in [6.45, 7) is 3.42. The highest BCUT2D eigenvalue weighted by atomic mass is 32.2. The molecular weight excluding hydrogens is 480 g/mol. The molecule has 0 amide bonds. The Hall–Kier alpha value is -1.32. The highest BCUT2D eigenvalue weighted by molar-refractivity contribution is 7.90. The molecule has 0 unspecified atom stereocenters. The van der Waals surface area contributed by atoms with Gasteiger partial charge in [-0.15, -0.1) is 0 Å². The number of esters is 1. The summed E-state index contributed by atoms with van der Waals surface area (Å²) in [5.74, 6) is -22.4. The van der Waals surface area contributed by atoms with Crippen molar-refractivity contribution in [3.8, 4) is 0 Å². The number of hydrogen-bond acceptors (Lipinski definition) is 4. The monoisotopic (exact) mass is 501 g/mol. The molecule has 16 heteroatoms. The summed E-state index contributed by atoms with van der Waals surface area (Å²) in [5, 5.41) is -6.88. The fraction of sp³-hybridized carbons (Fsp3) is 0.933. The SMILES string of the molecule is CCC(C)(C)C(=O)OCCCCNS(=O)(=O)C(F)(F)C(F)(F)C(F)(F)C(F)(F)C(F)F. The number of ether oxygens (including phenoxy) is 1. The minimum Gasteiger partial charge on any atom is -0.465 e. The third-order valence-electron chi connectivity index (χ3n) is 4.32. The molecule has 0 aromatic rings. The van der Waals surface area contributed by atoms with Gasteiger partial charge in [0.05, 0.1) is 12.0 Å². The first-order valence-electron chi connectivity index (χ1n) is 8.59. The van der Waals surface area contributed by atoms with Gasteiger partial charge in [0.25, 0.3) is 10.0 Å². The average molecular weight is 501 g/mol. The number of nitrogens with one attached hydrogen (secondary N) is 1. The van der Waals surface area contributed by atoms with Crippen LogP contribution in [0.25, 0.3) is 0 Å². The molecule has 0 aliphatic carbocycles. The topological polar surface area (TPSA) is 72.5 Å². The smallest absolute Gasteiger partial charge is 0.427 e. The molecule has 0 aliphatic rings. The lowest BCUT2D eigenvalue weighted by Gasteiger charge is -2.35. The van der Waals surface area contributed by atoms with E-state index in [9.17, 15) is 57.1 Å². The van der Waals surface area contributed by atoms with Gasteiger partial charge in [0.1, 0.15) is 0 Å². The molecule has 0 aromatic carbocycles. The summed E-state index contributed by atoms with van der Waals surface area (Å²) < 4.78 is 158. The zero-order chi connectivity index (χ0) is 25.1. The molecule has 186 valence electrons. The molecule has 0 aromatic heterocycles. The number of halogens is 10. The van der Waals surface area contributed by atoms with E-state index in [1.807, 2.05) is 0 Å². The van der Waals surface area contributed by atoms with E-state index < -0.39 is 63.8 Å². The number of carbonyl (C=O) groups excluding carboxylic acids is 1. The van der Waals surface area contributed by atoms with Crippen LogP contribution in [0.5, 0.6) is 0 Å². The lowest BCUT2D eigenvalue weighted by molar-refractivity contribution is -0.368. The fourth-order valence-corrected chi connectivity index (χ4v) is 2.79. The van der Waals surface area contributed by atoms with Crippen LogP contribution in [-0.2, 0) is 19.6 Å². The van der Waals surface area contributed by atoms with E-state index in [2.05, 4.69) is 0 Å². The van der Waals surface area contributed by atoms with Crippen molar-refractivity contribution in [3.63, 3.8) is 0 Å². The Bertz CT molecular complexity index is 725. The summed E-state index contributed by atoms with van der Waals surface area (Å²) >= 11 is 0. The molecule has 0 fully saturated rings. The highest BCUT2D eigenvalue weighted by Gasteiger charge is 2.86. The molecule has 0 spiro atoms. The molecule has 5 nitrogen and oxygen atoms in total. The van der Waals surface area contributed by atoms with E-state index in [1.165, 1.54) is 0 Å². The van der Waals surface area contributed by atoms with Crippen molar-refractivity contribution in [2.45, 2.75) is 69.5 Å². The van der Waals surface area contributed by atoms with Crippen LogP contribution in [-0.4, -0.2) is 57.0 Å². The molecule has 0 rings (SSSR count). The lowest BCUT2D eigenvalue weighted by atomic mass is 9.91. The van der Waals surface area contributed by atoms with Gasteiger partial charge in [-0.25, -0.2) is 21.9 Å². The largest absolute Gasteiger partial charge is 0.465 e. The molecule has 0 heterocycles. The van der Waals surface area contributed by atoms with Gasteiger partial charge in [-0.05, 0) is 33.1 Å². The maximum atomic E-state index is 13.6. The van der Waals surface area contributed by atoms with Crippen molar-refractivity contribution < 1.29 is 61.9 Å². The predicted octanol–water partition coefficient (Wildman–Crippen LogP) is 4.43. The minimum atomic E-state index is -7.41. The second kappa shape index (κ2) is 9.67. The Kier molecular flexibility index (Phi) is 9.25.